The number of hydrogen-bond acceptors (Lipinski definition) is 7. The number of carbonyl (C=O) groups is 3. The third-order valence-electron chi connectivity index (χ3n) is 6.85. The molecule has 2 amide bonds. The fourth-order valence-electron chi connectivity index (χ4n) is 5.05. The van der Waals surface area contributed by atoms with E-state index in [0.717, 1.165) is 4.90 Å². The van der Waals surface area contributed by atoms with Crippen molar-refractivity contribution in [2.45, 2.75) is 43.8 Å². The van der Waals surface area contributed by atoms with Crippen LogP contribution in [0.1, 0.15) is 30.0 Å². The van der Waals surface area contributed by atoms with E-state index in [0.29, 0.717) is 11.1 Å². The maximum absolute atomic E-state index is 13.9. The Kier molecular flexibility index (Phi) is 6.29. The van der Waals surface area contributed by atoms with Gasteiger partial charge in [0.25, 0.3) is 11.6 Å². The average Bonchev–Trinajstić information content (AvgIpc) is 3.26. The summed E-state index contributed by atoms with van der Waals surface area (Å²) in [6.07, 6.45) is -6.31. The number of non-ortho nitro benzene ring substituents is 1. The number of allylic oxidation sites excluding steroid dienone is 1. The summed E-state index contributed by atoms with van der Waals surface area (Å²) >= 11 is 0. The number of carbonyl (C=O) groups excluding carboxylic acids is 3. The number of rotatable bonds is 6. The van der Waals surface area contributed by atoms with Gasteiger partial charge in [-0.2, -0.15) is 13.2 Å². The lowest BCUT2D eigenvalue weighted by atomic mass is 9.81. The Labute approximate surface area is 213 Å². The second-order valence-corrected chi connectivity index (χ2v) is 8.99. The number of nitro benzene ring substituents is 1. The van der Waals surface area contributed by atoms with Gasteiger partial charge in [0.05, 0.1) is 22.6 Å². The van der Waals surface area contributed by atoms with Crippen molar-refractivity contribution in [1.29, 1.82) is 0 Å². The van der Waals surface area contributed by atoms with Crippen LogP contribution in [0.5, 0.6) is 0 Å². The van der Waals surface area contributed by atoms with E-state index in [1.165, 1.54) is 29.2 Å². The predicted octanol–water partition coefficient (Wildman–Crippen LogP) is 4.02. The number of nitrogens with zero attached hydrogens (tertiary/aromatic N) is 3. The number of esters is 1. The number of ether oxygens (including phenoxy) is 2. The van der Waals surface area contributed by atoms with Gasteiger partial charge in [0.15, 0.2) is 0 Å². The van der Waals surface area contributed by atoms with Crippen molar-refractivity contribution in [3.05, 3.63) is 87.1 Å². The van der Waals surface area contributed by atoms with E-state index >= 15 is 0 Å². The minimum Gasteiger partial charge on any atom is -0.456 e. The predicted molar refractivity (Wildman–Crippen MR) is 122 cm³/mol. The standard InChI is InChI=1S/C25H20F3N3O7/c26-25(27,28)17-10-11-18-21(30-19(13-38-24(30)34)15-4-2-1-3-5-15)22(32)29(18)20(17)23(33)37-12-14-6-8-16(9-7-14)31(35)36/h1-9,18-19,21H,10-13H2/t18-,19-,21+/m1/s1. The maximum Gasteiger partial charge on any atom is 0.414 e. The Morgan fingerprint density at radius 1 is 1.11 bits per heavy atom. The lowest BCUT2D eigenvalue weighted by Crippen LogP contribution is -2.72. The summed E-state index contributed by atoms with van der Waals surface area (Å²) in [6, 6.07) is 11.2. The van der Waals surface area contributed by atoms with Crippen LogP contribution in [0, 0.1) is 10.1 Å². The first kappa shape index (κ1) is 25.2. The monoisotopic (exact) mass is 531 g/mol. The van der Waals surface area contributed by atoms with Crippen LogP contribution in [0.15, 0.2) is 65.9 Å². The molecule has 0 saturated carbocycles. The van der Waals surface area contributed by atoms with E-state index < -0.39 is 71.5 Å². The number of benzene rings is 2. The molecule has 3 atom stereocenters. The van der Waals surface area contributed by atoms with Crippen molar-refractivity contribution in [1.82, 2.24) is 9.80 Å². The van der Waals surface area contributed by atoms with Crippen LogP contribution in [0.3, 0.4) is 0 Å². The van der Waals surface area contributed by atoms with Crippen molar-refractivity contribution in [2.24, 2.45) is 0 Å². The number of nitro groups is 1. The molecule has 2 aromatic rings. The molecule has 198 valence electrons. The number of hydrogen-bond donors (Lipinski definition) is 0. The molecule has 0 N–H and O–H groups in total. The Hall–Kier alpha value is -4.42. The van der Waals surface area contributed by atoms with Crippen LogP contribution >= 0.6 is 0 Å². The SMILES string of the molecule is O=C(OCc1ccc([N+](=O)[O-])cc1)C1=C(C(F)(F)F)CC[C@@H]2[C@H](N3C(=O)OC[C@@H]3c3ccccc3)C(=O)N12. The third kappa shape index (κ3) is 4.33. The van der Waals surface area contributed by atoms with E-state index in [4.69, 9.17) is 9.47 Å². The van der Waals surface area contributed by atoms with Crippen molar-refractivity contribution in [3.8, 4) is 0 Å². The zero-order chi connectivity index (χ0) is 27.2. The second-order valence-electron chi connectivity index (χ2n) is 8.99. The van der Waals surface area contributed by atoms with Crippen molar-refractivity contribution >= 4 is 23.7 Å². The minimum atomic E-state index is -4.89. The van der Waals surface area contributed by atoms with Gasteiger partial charge in [-0.25, -0.2) is 9.59 Å². The first-order chi connectivity index (χ1) is 18.1. The van der Waals surface area contributed by atoms with E-state index in [1.54, 1.807) is 30.3 Å². The normalized spacial score (nSPS) is 23.1. The van der Waals surface area contributed by atoms with Gasteiger partial charge >= 0.3 is 18.2 Å². The van der Waals surface area contributed by atoms with Gasteiger partial charge in [-0.05, 0) is 36.1 Å². The minimum absolute atomic E-state index is 0.0207. The van der Waals surface area contributed by atoms with Crippen LogP contribution in [-0.2, 0) is 25.7 Å². The molecule has 2 saturated heterocycles. The molecule has 3 aliphatic heterocycles. The van der Waals surface area contributed by atoms with Gasteiger partial charge in [0, 0.05) is 12.1 Å². The molecule has 0 aliphatic carbocycles. The second kappa shape index (κ2) is 9.47. The molecule has 10 nitrogen and oxygen atoms in total. The number of cyclic esters (lactones) is 1. The van der Waals surface area contributed by atoms with Crippen LogP contribution in [-0.4, -0.2) is 57.6 Å². The molecule has 3 heterocycles. The molecule has 5 rings (SSSR count). The highest BCUT2D eigenvalue weighted by molar-refractivity contribution is 6.02. The smallest absolute Gasteiger partial charge is 0.414 e. The molecule has 2 aromatic carbocycles. The van der Waals surface area contributed by atoms with Gasteiger partial charge in [-0.3, -0.25) is 24.7 Å². The Morgan fingerprint density at radius 3 is 2.42 bits per heavy atom. The zero-order valence-corrected chi connectivity index (χ0v) is 19.6. The quantitative estimate of drug-likeness (QED) is 0.239. The highest BCUT2D eigenvalue weighted by Crippen LogP contribution is 2.46. The zero-order valence-electron chi connectivity index (χ0n) is 19.6. The first-order valence-electron chi connectivity index (χ1n) is 11.6. The number of fused-ring (bicyclic) bond motifs is 1. The van der Waals surface area contributed by atoms with E-state index in [-0.39, 0.29) is 18.7 Å². The highest BCUT2D eigenvalue weighted by atomic mass is 19.4. The van der Waals surface area contributed by atoms with Gasteiger partial charge in [-0.15, -0.1) is 0 Å². The summed E-state index contributed by atoms with van der Waals surface area (Å²) < 4.78 is 51.9. The van der Waals surface area contributed by atoms with E-state index in [1.807, 2.05) is 0 Å². The first-order valence-corrected chi connectivity index (χ1v) is 11.6. The topological polar surface area (TPSA) is 119 Å². The van der Waals surface area contributed by atoms with E-state index in [2.05, 4.69) is 0 Å². The average molecular weight is 531 g/mol. The number of β-lactam (4-membered cyclic amide) rings is 1. The molecule has 0 bridgehead atoms. The molecule has 3 aliphatic rings. The summed E-state index contributed by atoms with van der Waals surface area (Å²) in [6.45, 7) is -0.483. The summed E-state index contributed by atoms with van der Waals surface area (Å²) in [7, 11) is 0. The molecule has 38 heavy (non-hydrogen) atoms. The van der Waals surface area contributed by atoms with Crippen LogP contribution in [0.4, 0.5) is 23.7 Å². The van der Waals surface area contributed by atoms with Crippen molar-refractivity contribution < 1.29 is 42.0 Å². The van der Waals surface area contributed by atoms with Crippen LogP contribution in [0.25, 0.3) is 0 Å². The van der Waals surface area contributed by atoms with Crippen molar-refractivity contribution in [3.63, 3.8) is 0 Å². The molecule has 0 aromatic heterocycles. The van der Waals surface area contributed by atoms with Gasteiger partial charge in [-0.1, -0.05) is 30.3 Å². The molecular formula is C25H20F3N3O7. The molecule has 13 heteroatoms. The van der Waals surface area contributed by atoms with Gasteiger partial charge in [0.1, 0.15) is 25.0 Å². The fraction of sp³-hybridized carbons (Fsp3) is 0.320. The summed E-state index contributed by atoms with van der Waals surface area (Å²) in [5.41, 5.74) is -1.28. The Morgan fingerprint density at radius 2 is 1.79 bits per heavy atom. The lowest BCUT2D eigenvalue weighted by Gasteiger charge is -2.53. The molecular weight excluding hydrogens is 511 g/mol. The van der Waals surface area contributed by atoms with Crippen LogP contribution < -0.4 is 0 Å². The van der Waals surface area contributed by atoms with Gasteiger partial charge in [0.2, 0.25) is 0 Å². The molecule has 2 fully saturated rings. The number of amides is 2. The number of halogens is 3. The summed E-state index contributed by atoms with van der Waals surface area (Å²) in [5, 5.41) is 10.8. The highest BCUT2D eigenvalue weighted by Gasteiger charge is 2.61. The fourth-order valence-corrected chi connectivity index (χ4v) is 5.05. The summed E-state index contributed by atoms with van der Waals surface area (Å²) in [5.74, 6) is -2.19. The molecule has 0 spiro atoms. The largest absolute Gasteiger partial charge is 0.456 e. The number of alkyl halides is 3. The van der Waals surface area contributed by atoms with E-state index in [9.17, 15) is 37.7 Å². The van der Waals surface area contributed by atoms with Crippen LogP contribution in [0.2, 0.25) is 0 Å². The lowest BCUT2D eigenvalue weighted by molar-refractivity contribution is -0.384. The molecule has 0 unspecified atom stereocenters. The third-order valence-corrected chi connectivity index (χ3v) is 6.85. The Balaban J connectivity index is 1.39. The molecule has 0 radical (unpaired) electrons. The summed E-state index contributed by atoms with van der Waals surface area (Å²) in [4.78, 5) is 51.0. The Bertz CT molecular complexity index is 1330. The van der Waals surface area contributed by atoms with Crippen molar-refractivity contribution in [2.75, 3.05) is 6.61 Å². The van der Waals surface area contributed by atoms with Gasteiger partial charge < -0.3 is 9.47 Å². The maximum atomic E-state index is 13.9.